The summed E-state index contributed by atoms with van der Waals surface area (Å²) in [4.78, 5) is 12.3. The van der Waals surface area contributed by atoms with Gasteiger partial charge in [0, 0.05) is 10.0 Å². The van der Waals surface area contributed by atoms with Crippen molar-refractivity contribution < 1.29 is 4.79 Å². The first-order valence-corrected chi connectivity index (χ1v) is 8.57. The van der Waals surface area contributed by atoms with Crippen molar-refractivity contribution in [2.75, 3.05) is 0 Å². The summed E-state index contributed by atoms with van der Waals surface area (Å²) in [5, 5.41) is 0. The van der Waals surface area contributed by atoms with Crippen molar-refractivity contribution in [1.29, 1.82) is 0 Å². The first-order chi connectivity index (χ1) is 11.6. The second-order valence-electron chi connectivity index (χ2n) is 5.61. The van der Waals surface area contributed by atoms with Crippen molar-refractivity contribution in [1.82, 2.24) is 0 Å². The molecule has 0 aliphatic carbocycles. The van der Waals surface area contributed by atoms with Gasteiger partial charge in [0.1, 0.15) is 7.85 Å². The summed E-state index contributed by atoms with van der Waals surface area (Å²) in [5.41, 5.74) is 5.03. The number of rotatable bonds is 4. The molecule has 0 spiro atoms. The molecule has 0 saturated carbocycles. The van der Waals surface area contributed by atoms with Gasteiger partial charge in [-0.05, 0) is 34.9 Å². The summed E-state index contributed by atoms with van der Waals surface area (Å²) in [6, 6.07) is 24.0. The van der Waals surface area contributed by atoms with Crippen LogP contribution in [0, 0.1) is 0 Å². The normalized spacial score (nSPS) is 10.9. The van der Waals surface area contributed by atoms with E-state index < -0.39 is 0 Å². The molecule has 3 heteroatoms. The third-order valence-electron chi connectivity index (χ3n) is 3.93. The molecule has 24 heavy (non-hydrogen) atoms. The van der Waals surface area contributed by atoms with Crippen molar-refractivity contribution in [3.63, 3.8) is 0 Å². The zero-order chi connectivity index (χ0) is 16.9. The zero-order valence-corrected chi connectivity index (χ0v) is 15.0. The molecule has 1 nitrogen and oxygen atoms in total. The van der Waals surface area contributed by atoms with Crippen molar-refractivity contribution in [2.24, 2.45) is 0 Å². The van der Waals surface area contributed by atoms with E-state index in [-0.39, 0.29) is 5.78 Å². The molecule has 0 saturated heterocycles. The Morgan fingerprint density at radius 2 is 1.58 bits per heavy atom. The average molecular weight is 375 g/mol. The van der Waals surface area contributed by atoms with Crippen LogP contribution in [0.1, 0.15) is 15.9 Å². The molecule has 0 bridgehead atoms. The highest BCUT2D eigenvalue weighted by Crippen LogP contribution is 2.26. The van der Waals surface area contributed by atoms with Crippen LogP contribution in [0.4, 0.5) is 0 Å². The highest BCUT2D eigenvalue weighted by Gasteiger charge is 2.05. The third kappa shape index (κ3) is 3.74. The maximum absolute atomic E-state index is 12.3. The Morgan fingerprint density at radius 1 is 0.875 bits per heavy atom. The van der Waals surface area contributed by atoms with Gasteiger partial charge in [0.05, 0.1) is 0 Å². The van der Waals surface area contributed by atoms with Crippen LogP contribution in [-0.4, -0.2) is 13.6 Å². The number of halogens is 1. The van der Waals surface area contributed by atoms with E-state index in [1.54, 1.807) is 6.08 Å². The monoisotopic (exact) mass is 374 g/mol. The molecule has 0 radical (unpaired) electrons. The van der Waals surface area contributed by atoms with Gasteiger partial charge in [0.2, 0.25) is 0 Å². The lowest BCUT2D eigenvalue weighted by molar-refractivity contribution is 0.104. The van der Waals surface area contributed by atoms with E-state index >= 15 is 0 Å². The molecule has 3 aromatic carbocycles. The summed E-state index contributed by atoms with van der Waals surface area (Å²) in [5.74, 6) is 0.0205. The second-order valence-corrected chi connectivity index (χ2v) is 6.47. The van der Waals surface area contributed by atoms with Crippen molar-refractivity contribution in [3.8, 4) is 11.1 Å². The van der Waals surface area contributed by atoms with E-state index in [0.29, 0.717) is 0 Å². The fourth-order valence-corrected chi connectivity index (χ4v) is 3.09. The number of ketones is 1. The van der Waals surface area contributed by atoms with Gasteiger partial charge in [-0.3, -0.25) is 4.79 Å². The molecule has 116 valence electrons. The Morgan fingerprint density at radius 3 is 2.29 bits per heavy atom. The van der Waals surface area contributed by atoms with Crippen molar-refractivity contribution in [3.05, 3.63) is 94.5 Å². The minimum Gasteiger partial charge on any atom is -0.289 e. The predicted molar refractivity (Wildman–Crippen MR) is 108 cm³/mol. The smallest absolute Gasteiger partial charge is 0.185 e. The Balaban J connectivity index is 1.83. The molecular weight excluding hydrogens is 359 g/mol. The molecule has 0 aliphatic rings. The predicted octanol–water partition coefficient (Wildman–Crippen LogP) is 4.27. The van der Waals surface area contributed by atoms with E-state index in [4.69, 9.17) is 0 Å². The van der Waals surface area contributed by atoms with Gasteiger partial charge in [-0.1, -0.05) is 88.1 Å². The van der Waals surface area contributed by atoms with Crippen LogP contribution < -0.4 is 5.46 Å². The van der Waals surface area contributed by atoms with Crippen molar-refractivity contribution >= 4 is 41.1 Å². The van der Waals surface area contributed by atoms with E-state index in [1.165, 1.54) is 5.56 Å². The topological polar surface area (TPSA) is 17.1 Å². The first-order valence-electron chi connectivity index (χ1n) is 7.78. The van der Waals surface area contributed by atoms with Crippen molar-refractivity contribution in [2.45, 2.75) is 0 Å². The molecule has 0 aromatic heterocycles. The lowest BCUT2D eigenvalue weighted by Crippen LogP contribution is -2.13. The molecule has 0 N–H and O–H groups in total. The summed E-state index contributed by atoms with van der Waals surface area (Å²) >= 11 is 3.60. The minimum atomic E-state index is 0.0205. The van der Waals surface area contributed by atoms with E-state index in [9.17, 15) is 4.79 Å². The quantitative estimate of drug-likeness (QED) is 0.378. The number of hydrogen-bond acceptors (Lipinski definition) is 1. The Bertz CT molecular complexity index is 901. The molecule has 0 fully saturated rings. The lowest BCUT2D eigenvalue weighted by atomic mass is 9.88. The summed E-state index contributed by atoms with van der Waals surface area (Å²) in [6.07, 6.45) is 3.48. The van der Waals surface area contributed by atoms with Gasteiger partial charge in [-0.15, -0.1) is 0 Å². The minimum absolute atomic E-state index is 0.0205. The largest absolute Gasteiger partial charge is 0.289 e. The van der Waals surface area contributed by atoms with E-state index in [2.05, 4.69) is 40.2 Å². The summed E-state index contributed by atoms with van der Waals surface area (Å²) in [6.45, 7) is 0. The van der Waals surface area contributed by atoms with Gasteiger partial charge >= 0.3 is 0 Å². The fraction of sp³-hybridized carbons (Fsp3) is 0. The summed E-state index contributed by atoms with van der Waals surface area (Å²) < 4.78 is 0.970. The Hall–Kier alpha value is -2.39. The van der Waals surface area contributed by atoms with E-state index in [0.717, 1.165) is 26.6 Å². The maximum Gasteiger partial charge on any atom is 0.185 e. The van der Waals surface area contributed by atoms with E-state index in [1.807, 2.05) is 62.5 Å². The van der Waals surface area contributed by atoms with Crippen LogP contribution in [0.15, 0.2) is 83.3 Å². The third-order valence-corrected chi connectivity index (χ3v) is 4.62. The number of carbonyl (C=O) groups is 1. The molecule has 0 heterocycles. The van der Waals surface area contributed by atoms with Crippen LogP contribution in [0.2, 0.25) is 0 Å². The first kappa shape index (κ1) is 16.5. The fourth-order valence-electron chi connectivity index (χ4n) is 2.58. The van der Waals surface area contributed by atoms with Crippen LogP contribution in [-0.2, 0) is 0 Å². The highest BCUT2D eigenvalue weighted by molar-refractivity contribution is 9.10. The second kappa shape index (κ2) is 7.46. The Kier molecular flexibility index (Phi) is 5.12. The van der Waals surface area contributed by atoms with Gasteiger partial charge in [-0.2, -0.15) is 0 Å². The van der Waals surface area contributed by atoms with Crippen LogP contribution in [0.25, 0.3) is 17.2 Å². The standard InChI is InChI=1S/C21H16BBrO/c22-19-9-5-4-8-18(19)21(24)13-12-16-10-11-17(14-20(16)23)15-6-2-1-3-7-15/h1-14H,22H2/b13-12+. The van der Waals surface area contributed by atoms with Gasteiger partial charge in [0.15, 0.2) is 5.78 Å². The van der Waals surface area contributed by atoms with Crippen LogP contribution in [0.5, 0.6) is 0 Å². The zero-order valence-electron chi connectivity index (χ0n) is 13.4. The number of carbonyl (C=O) groups excluding carboxylic acids is 1. The van der Waals surface area contributed by atoms with Gasteiger partial charge < -0.3 is 0 Å². The SMILES string of the molecule is Bc1ccccc1C(=O)/C=C/c1ccc(-c2ccccc2)cc1Br. The molecule has 0 atom stereocenters. The van der Waals surface area contributed by atoms with Gasteiger partial charge in [0.25, 0.3) is 0 Å². The summed E-state index contributed by atoms with van der Waals surface area (Å²) in [7, 11) is 1.95. The molecular formula is C21H16BBrO. The molecule has 0 unspecified atom stereocenters. The molecule has 0 aliphatic heterocycles. The number of benzene rings is 3. The number of allylic oxidation sites excluding steroid dienone is 1. The van der Waals surface area contributed by atoms with Gasteiger partial charge in [-0.25, -0.2) is 0 Å². The van der Waals surface area contributed by atoms with Crippen LogP contribution in [0.3, 0.4) is 0 Å². The number of hydrogen-bond donors (Lipinski definition) is 0. The average Bonchev–Trinajstić information content (AvgIpc) is 2.61. The molecule has 0 amide bonds. The van der Waals surface area contributed by atoms with Crippen LogP contribution >= 0.6 is 15.9 Å². The Labute approximate surface area is 151 Å². The highest BCUT2D eigenvalue weighted by atomic mass is 79.9. The molecule has 3 aromatic rings. The maximum atomic E-state index is 12.3. The molecule has 3 rings (SSSR count). The lowest BCUT2D eigenvalue weighted by Gasteiger charge is -2.05.